The highest BCUT2D eigenvalue weighted by atomic mass is 16.7. The third-order valence-electron chi connectivity index (χ3n) is 3.32. The number of rotatable bonds is 3. The number of aliphatic carboxylic acids is 1. The fourth-order valence-electron chi connectivity index (χ4n) is 2.33. The summed E-state index contributed by atoms with van der Waals surface area (Å²) in [6, 6.07) is 2.92. The number of hydrogen-bond donors (Lipinski definition) is 1. The predicted molar refractivity (Wildman–Crippen MR) is 67.6 cm³/mol. The molecule has 2 heterocycles. The fraction of sp³-hybridized carbons (Fsp3) is 0.385. The van der Waals surface area contributed by atoms with Crippen LogP contribution in [0.5, 0.6) is 11.5 Å². The number of ether oxygens (including phenoxy) is 2. The molecule has 1 aliphatic rings. The summed E-state index contributed by atoms with van der Waals surface area (Å²) in [5.74, 6) is 1.15. The zero-order valence-corrected chi connectivity index (χ0v) is 10.7. The summed E-state index contributed by atoms with van der Waals surface area (Å²) >= 11 is 0. The standard InChI is InChI=1S/C13H14N2O4/c1-3-12-14-8-4-10-11(19-6-18-10)5-9(8)15(12)7(2)13(16)17/h4-5,7H,3,6H2,1-2H3,(H,16,17). The van der Waals surface area contributed by atoms with Crippen molar-refractivity contribution in [3.63, 3.8) is 0 Å². The molecule has 0 bridgehead atoms. The van der Waals surface area contributed by atoms with Crippen LogP contribution in [-0.4, -0.2) is 27.4 Å². The van der Waals surface area contributed by atoms with Gasteiger partial charge in [-0.1, -0.05) is 6.92 Å². The monoisotopic (exact) mass is 262 g/mol. The summed E-state index contributed by atoms with van der Waals surface area (Å²) in [4.78, 5) is 15.7. The molecule has 3 rings (SSSR count). The van der Waals surface area contributed by atoms with Crippen LogP contribution in [0, 0.1) is 0 Å². The van der Waals surface area contributed by atoms with Crippen molar-refractivity contribution in [2.24, 2.45) is 0 Å². The van der Waals surface area contributed by atoms with Gasteiger partial charge in [-0.05, 0) is 6.92 Å². The molecule has 100 valence electrons. The zero-order valence-electron chi connectivity index (χ0n) is 10.7. The molecule has 0 aliphatic carbocycles. The lowest BCUT2D eigenvalue weighted by Crippen LogP contribution is -2.17. The maximum Gasteiger partial charge on any atom is 0.326 e. The molecule has 1 aromatic heterocycles. The lowest BCUT2D eigenvalue weighted by Gasteiger charge is -2.12. The van der Waals surface area contributed by atoms with Gasteiger partial charge in [-0.25, -0.2) is 9.78 Å². The van der Waals surface area contributed by atoms with Gasteiger partial charge in [0.1, 0.15) is 11.9 Å². The minimum atomic E-state index is -0.883. The van der Waals surface area contributed by atoms with Crippen LogP contribution in [0.4, 0.5) is 0 Å². The second kappa shape index (κ2) is 4.15. The molecule has 1 atom stereocenters. The van der Waals surface area contributed by atoms with Gasteiger partial charge in [0.15, 0.2) is 11.5 Å². The van der Waals surface area contributed by atoms with Gasteiger partial charge in [0.2, 0.25) is 6.79 Å². The number of imidazole rings is 1. The predicted octanol–water partition coefficient (Wildman–Crippen LogP) is 1.97. The van der Waals surface area contributed by atoms with E-state index < -0.39 is 12.0 Å². The van der Waals surface area contributed by atoms with E-state index in [2.05, 4.69) is 4.98 Å². The van der Waals surface area contributed by atoms with Gasteiger partial charge in [-0.2, -0.15) is 0 Å². The average molecular weight is 262 g/mol. The number of hydrogen-bond acceptors (Lipinski definition) is 4. The van der Waals surface area contributed by atoms with Crippen molar-refractivity contribution < 1.29 is 19.4 Å². The summed E-state index contributed by atoms with van der Waals surface area (Å²) in [6.07, 6.45) is 0.665. The van der Waals surface area contributed by atoms with Crippen LogP contribution < -0.4 is 9.47 Å². The molecule has 6 nitrogen and oxygen atoms in total. The van der Waals surface area contributed by atoms with Gasteiger partial charge in [-0.15, -0.1) is 0 Å². The van der Waals surface area contributed by atoms with Crippen molar-refractivity contribution in [2.45, 2.75) is 26.3 Å². The molecule has 0 spiro atoms. The van der Waals surface area contributed by atoms with Gasteiger partial charge >= 0.3 is 5.97 Å². The Morgan fingerprint density at radius 2 is 2.16 bits per heavy atom. The first-order valence-electron chi connectivity index (χ1n) is 6.15. The normalized spacial score (nSPS) is 14.8. The van der Waals surface area contributed by atoms with Gasteiger partial charge in [-0.3, -0.25) is 0 Å². The van der Waals surface area contributed by atoms with Crippen molar-refractivity contribution in [3.05, 3.63) is 18.0 Å². The van der Waals surface area contributed by atoms with Crippen LogP contribution in [-0.2, 0) is 11.2 Å². The van der Waals surface area contributed by atoms with E-state index in [-0.39, 0.29) is 6.79 Å². The number of benzene rings is 1. The molecule has 0 amide bonds. The van der Waals surface area contributed by atoms with E-state index in [9.17, 15) is 9.90 Å². The van der Waals surface area contributed by atoms with E-state index in [1.807, 2.05) is 6.92 Å². The van der Waals surface area contributed by atoms with Crippen LogP contribution in [0.2, 0.25) is 0 Å². The topological polar surface area (TPSA) is 73.6 Å². The first-order chi connectivity index (χ1) is 9.11. The Morgan fingerprint density at radius 3 is 2.79 bits per heavy atom. The Kier molecular flexibility index (Phi) is 2.58. The lowest BCUT2D eigenvalue weighted by atomic mass is 10.2. The van der Waals surface area contributed by atoms with E-state index >= 15 is 0 Å². The molecule has 2 aromatic rings. The Balaban J connectivity index is 2.26. The van der Waals surface area contributed by atoms with Crippen LogP contribution in [0.25, 0.3) is 11.0 Å². The summed E-state index contributed by atoms with van der Waals surface area (Å²) in [6.45, 7) is 3.79. The minimum absolute atomic E-state index is 0.192. The molecule has 1 aliphatic heterocycles. The summed E-state index contributed by atoms with van der Waals surface area (Å²) in [7, 11) is 0. The molecular weight excluding hydrogens is 248 g/mol. The Morgan fingerprint density at radius 1 is 1.47 bits per heavy atom. The maximum atomic E-state index is 11.2. The molecule has 0 fully saturated rings. The number of aryl methyl sites for hydroxylation is 1. The van der Waals surface area contributed by atoms with Gasteiger partial charge in [0.05, 0.1) is 11.0 Å². The number of carboxylic acids is 1. The minimum Gasteiger partial charge on any atom is -0.480 e. The third kappa shape index (κ3) is 1.71. The van der Waals surface area contributed by atoms with Crippen molar-refractivity contribution >= 4 is 17.0 Å². The Bertz CT molecular complexity index is 662. The fourth-order valence-corrected chi connectivity index (χ4v) is 2.33. The van der Waals surface area contributed by atoms with E-state index in [1.54, 1.807) is 23.6 Å². The largest absolute Gasteiger partial charge is 0.480 e. The smallest absolute Gasteiger partial charge is 0.326 e. The number of carbonyl (C=O) groups is 1. The van der Waals surface area contributed by atoms with E-state index in [0.29, 0.717) is 17.9 Å². The van der Waals surface area contributed by atoms with Crippen molar-refractivity contribution in [1.29, 1.82) is 0 Å². The molecule has 19 heavy (non-hydrogen) atoms. The molecule has 1 N–H and O–H groups in total. The van der Waals surface area contributed by atoms with Crippen molar-refractivity contribution in [1.82, 2.24) is 9.55 Å². The highest BCUT2D eigenvalue weighted by Crippen LogP contribution is 2.37. The molecule has 0 saturated carbocycles. The molecule has 1 unspecified atom stereocenters. The Labute approximate surface area is 109 Å². The molecule has 1 aromatic carbocycles. The number of carboxylic acid groups (broad SMARTS) is 1. The number of aromatic nitrogens is 2. The molecular formula is C13H14N2O4. The summed E-state index contributed by atoms with van der Waals surface area (Å²) in [5, 5.41) is 9.22. The van der Waals surface area contributed by atoms with Crippen LogP contribution in [0.15, 0.2) is 12.1 Å². The first kappa shape index (κ1) is 11.8. The van der Waals surface area contributed by atoms with Gasteiger partial charge < -0.3 is 19.1 Å². The quantitative estimate of drug-likeness (QED) is 0.915. The highest BCUT2D eigenvalue weighted by Gasteiger charge is 2.23. The maximum absolute atomic E-state index is 11.2. The molecule has 0 radical (unpaired) electrons. The van der Waals surface area contributed by atoms with Crippen LogP contribution >= 0.6 is 0 Å². The Hall–Kier alpha value is -2.24. The van der Waals surface area contributed by atoms with Gasteiger partial charge in [0, 0.05) is 18.6 Å². The molecule has 0 saturated heterocycles. The van der Waals surface area contributed by atoms with E-state index in [4.69, 9.17) is 9.47 Å². The number of nitrogens with zero attached hydrogens (tertiary/aromatic N) is 2. The van der Waals surface area contributed by atoms with E-state index in [1.165, 1.54) is 0 Å². The zero-order chi connectivity index (χ0) is 13.6. The second-order valence-electron chi connectivity index (χ2n) is 4.46. The van der Waals surface area contributed by atoms with Gasteiger partial charge in [0.25, 0.3) is 0 Å². The third-order valence-corrected chi connectivity index (χ3v) is 3.32. The second-order valence-corrected chi connectivity index (χ2v) is 4.46. The highest BCUT2D eigenvalue weighted by molar-refractivity contribution is 5.83. The van der Waals surface area contributed by atoms with Crippen LogP contribution in [0.3, 0.4) is 0 Å². The first-order valence-corrected chi connectivity index (χ1v) is 6.15. The number of fused-ring (bicyclic) bond motifs is 2. The molecule has 6 heteroatoms. The van der Waals surface area contributed by atoms with E-state index in [0.717, 1.165) is 16.9 Å². The summed E-state index contributed by atoms with van der Waals surface area (Å²) in [5.41, 5.74) is 1.49. The van der Waals surface area contributed by atoms with Crippen molar-refractivity contribution in [2.75, 3.05) is 6.79 Å². The SMILES string of the molecule is CCc1nc2cc3c(cc2n1C(C)C(=O)O)OCO3. The van der Waals surface area contributed by atoms with Crippen molar-refractivity contribution in [3.8, 4) is 11.5 Å². The van der Waals surface area contributed by atoms with Crippen LogP contribution in [0.1, 0.15) is 25.7 Å². The average Bonchev–Trinajstić information content (AvgIpc) is 2.97. The summed E-state index contributed by atoms with van der Waals surface area (Å²) < 4.78 is 12.4. The lowest BCUT2D eigenvalue weighted by molar-refractivity contribution is -0.140.